The van der Waals surface area contributed by atoms with E-state index in [1.54, 1.807) is 0 Å². The van der Waals surface area contributed by atoms with E-state index in [1.807, 2.05) is 13.1 Å². The van der Waals surface area contributed by atoms with E-state index < -0.39 is 0 Å². The number of anilines is 1. The maximum atomic E-state index is 6.21. The predicted molar refractivity (Wildman–Crippen MR) is 84.1 cm³/mol. The molecule has 1 saturated carbocycles. The Balaban J connectivity index is 2.27. The van der Waals surface area contributed by atoms with Crippen molar-refractivity contribution < 1.29 is 0 Å². The maximum Gasteiger partial charge on any atom is 0.0429 e. The van der Waals surface area contributed by atoms with E-state index in [2.05, 4.69) is 29.3 Å². The number of nitrogens with one attached hydrogen (secondary N) is 1. The van der Waals surface area contributed by atoms with Crippen LogP contribution in [0.1, 0.15) is 44.6 Å². The van der Waals surface area contributed by atoms with Crippen molar-refractivity contribution in [2.45, 2.75) is 51.6 Å². The minimum Gasteiger partial charge on any atom is -0.369 e. The fraction of sp³-hybridized carbons (Fsp3) is 0.625. The molecule has 1 aliphatic rings. The van der Waals surface area contributed by atoms with Crippen LogP contribution in [0.2, 0.25) is 5.02 Å². The third kappa shape index (κ3) is 3.64. The number of rotatable bonds is 5. The number of benzene rings is 1. The molecular formula is C16H25ClN2. The minimum absolute atomic E-state index is 0.688. The van der Waals surface area contributed by atoms with E-state index in [4.69, 9.17) is 11.6 Å². The van der Waals surface area contributed by atoms with Crippen LogP contribution in [0.4, 0.5) is 5.69 Å². The Morgan fingerprint density at radius 1 is 1.26 bits per heavy atom. The zero-order valence-electron chi connectivity index (χ0n) is 12.1. The molecule has 0 atom stereocenters. The fourth-order valence-electron chi connectivity index (χ4n) is 3.16. The molecule has 0 radical (unpaired) electrons. The van der Waals surface area contributed by atoms with Crippen LogP contribution >= 0.6 is 11.6 Å². The molecular weight excluding hydrogens is 256 g/mol. The Morgan fingerprint density at radius 3 is 2.63 bits per heavy atom. The van der Waals surface area contributed by atoms with Crippen molar-refractivity contribution in [1.29, 1.82) is 0 Å². The first-order chi connectivity index (χ1) is 9.26. The lowest BCUT2D eigenvalue weighted by atomic mass is 9.93. The summed E-state index contributed by atoms with van der Waals surface area (Å²) in [5.41, 5.74) is 2.66. The van der Waals surface area contributed by atoms with Gasteiger partial charge in [0, 0.05) is 29.8 Å². The molecule has 106 valence electrons. The van der Waals surface area contributed by atoms with Crippen LogP contribution in [0, 0.1) is 0 Å². The number of hydrogen-bond donors (Lipinski definition) is 1. The van der Waals surface area contributed by atoms with Gasteiger partial charge >= 0.3 is 0 Å². The molecule has 3 heteroatoms. The third-order valence-corrected chi connectivity index (χ3v) is 4.32. The summed E-state index contributed by atoms with van der Waals surface area (Å²) in [7, 11) is 2.00. The largest absolute Gasteiger partial charge is 0.369 e. The van der Waals surface area contributed by atoms with Gasteiger partial charge in [0.2, 0.25) is 0 Å². The summed E-state index contributed by atoms with van der Waals surface area (Å²) in [4.78, 5) is 2.55. The topological polar surface area (TPSA) is 15.3 Å². The van der Waals surface area contributed by atoms with Crippen molar-refractivity contribution in [3.63, 3.8) is 0 Å². The standard InChI is InChI=1S/C16H25ClN2/c1-3-19(15-7-5-4-6-8-15)16-11-14(17)10-9-13(16)12-18-2/h9-11,15,18H,3-8,12H2,1-2H3. The van der Waals surface area contributed by atoms with Crippen molar-refractivity contribution in [2.24, 2.45) is 0 Å². The van der Waals surface area contributed by atoms with Crippen LogP contribution in [0.3, 0.4) is 0 Å². The Morgan fingerprint density at radius 2 is 2.00 bits per heavy atom. The van der Waals surface area contributed by atoms with Crippen molar-refractivity contribution in [2.75, 3.05) is 18.5 Å². The number of nitrogens with zero attached hydrogens (tertiary/aromatic N) is 1. The Bertz CT molecular complexity index is 400. The van der Waals surface area contributed by atoms with E-state index >= 15 is 0 Å². The van der Waals surface area contributed by atoms with Gasteiger partial charge in [-0.2, -0.15) is 0 Å². The molecule has 0 spiro atoms. The second kappa shape index (κ2) is 7.16. The summed E-state index contributed by atoms with van der Waals surface area (Å²) in [6, 6.07) is 6.96. The average Bonchev–Trinajstić information content (AvgIpc) is 2.44. The van der Waals surface area contributed by atoms with E-state index in [9.17, 15) is 0 Å². The summed E-state index contributed by atoms with van der Waals surface area (Å²) < 4.78 is 0. The van der Waals surface area contributed by atoms with Gasteiger partial charge in [0.25, 0.3) is 0 Å². The highest BCUT2D eigenvalue weighted by Crippen LogP contribution is 2.31. The van der Waals surface area contributed by atoms with Crippen molar-refractivity contribution in [3.8, 4) is 0 Å². The molecule has 0 aromatic heterocycles. The van der Waals surface area contributed by atoms with Gasteiger partial charge in [0.15, 0.2) is 0 Å². The highest BCUT2D eigenvalue weighted by molar-refractivity contribution is 6.30. The highest BCUT2D eigenvalue weighted by Gasteiger charge is 2.22. The molecule has 0 bridgehead atoms. The van der Waals surface area contributed by atoms with Gasteiger partial charge in [0.1, 0.15) is 0 Å². The molecule has 2 rings (SSSR count). The van der Waals surface area contributed by atoms with E-state index in [0.29, 0.717) is 6.04 Å². The molecule has 1 N–H and O–H groups in total. The lowest BCUT2D eigenvalue weighted by Gasteiger charge is -2.36. The van der Waals surface area contributed by atoms with Crippen LogP contribution < -0.4 is 10.2 Å². The first kappa shape index (κ1) is 14.7. The molecule has 1 fully saturated rings. The lowest BCUT2D eigenvalue weighted by molar-refractivity contribution is 0.417. The molecule has 0 unspecified atom stereocenters. The number of halogens is 1. The summed E-state index contributed by atoms with van der Waals surface area (Å²) in [5.74, 6) is 0. The second-order valence-electron chi connectivity index (χ2n) is 5.38. The van der Waals surface area contributed by atoms with Gasteiger partial charge < -0.3 is 10.2 Å². The first-order valence-corrected chi connectivity index (χ1v) is 7.83. The van der Waals surface area contributed by atoms with E-state index in [1.165, 1.54) is 43.4 Å². The van der Waals surface area contributed by atoms with Crippen LogP contribution in [0.5, 0.6) is 0 Å². The normalized spacial score (nSPS) is 16.6. The summed E-state index contributed by atoms with van der Waals surface area (Å²) in [6.45, 7) is 4.20. The minimum atomic E-state index is 0.688. The quantitative estimate of drug-likeness (QED) is 0.869. The summed E-state index contributed by atoms with van der Waals surface area (Å²) in [6.07, 6.45) is 6.76. The van der Waals surface area contributed by atoms with Gasteiger partial charge in [-0.15, -0.1) is 0 Å². The molecule has 2 nitrogen and oxygen atoms in total. The van der Waals surface area contributed by atoms with Crippen molar-refractivity contribution >= 4 is 17.3 Å². The van der Waals surface area contributed by atoms with Gasteiger partial charge in [-0.25, -0.2) is 0 Å². The average molecular weight is 281 g/mol. The Labute approximate surface area is 122 Å². The molecule has 1 aromatic rings. The van der Waals surface area contributed by atoms with Gasteiger partial charge in [-0.1, -0.05) is 36.9 Å². The molecule has 0 saturated heterocycles. The van der Waals surface area contributed by atoms with Crippen LogP contribution in [0.15, 0.2) is 18.2 Å². The predicted octanol–water partition coefficient (Wildman–Crippen LogP) is 4.22. The van der Waals surface area contributed by atoms with E-state index in [0.717, 1.165) is 18.1 Å². The smallest absolute Gasteiger partial charge is 0.0429 e. The Hall–Kier alpha value is -0.730. The van der Waals surface area contributed by atoms with Crippen LogP contribution in [-0.4, -0.2) is 19.6 Å². The van der Waals surface area contributed by atoms with Crippen LogP contribution in [0.25, 0.3) is 0 Å². The first-order valence-electron chi connectivity index (χ1n) is 7.46. The summed E-state index contributed by atoms with van der Waals surface area (Å²) in [5, 5.41) is 4.09. The zero-order chi connectivity index (χ0) is 13.7. The Kier molecular flexibility index (Phi) is 5.53. The zero-order valence-corrected chi connectivity index (χ0v) is 12.8. The molecule has 1 aromatic carbocycles. The van der Waals surface area contributed by atoms with Crippen LogP contribution in [-0.2, 0) is 6.54 Å². The summed E-state index contributed by atoms with van der Waals surface area (Å²) >= 11 is 6.21. The number of hydrogen-bond acceptors (Lipinski definition) is 2. The molecule has 0 amide bonds. The lowest BCUT2D eigenvalue weighted by Crippen LogP contribution is -2.37. The molecule has 19 heavy (non-hydrogen) atoms. The molecule has 0 heterocycles. The third-order valence-electron chi connectivity index (χ3n) is 4.08. The van der Waals surface area contributed by atoms with Crippen molar-refractivity contribution in [1.82, 2.24) is 5.32 Å². The van der Waals surface area contributed by atoms with Gasteiger partial charge in [-0.05, 0) is 44.5 Å². The highest BCUT2D eigenvalue weighted by atomic mass is 35.5. The molecule has 1 aliphatic carbocycles. The monoisotopic (exact) mass is 280 g/mol. The van der Waals surface area contributed by atoms with Gasteiger partial charge in [0.05, 0.1) is 0 Å². The van der Waals surface area contributed by atoms with Crippen molar-refractivity contribution in [3.05, 3.63) is 28.8 Å². The maximum absolute atomic E-state index is 6.21. The second-order valence-corrected chi connectivity index (χ2v) is 5.82. The van der Waals surface area contributed by atoms with Gasteiger partial charge in [-0.3, -0.25) is 0 Å². The van der Waals surface area contributed by atoms with E-state index in [-0.39, 0.29) is 0 Å². The molecule has 0 aliphatic heterocycles. The fourth-order valence-corrected chi connectivity index (χ4v) is 3.33. The SMILES string of the molecule is CCN(c1cc(Cl)ccc1CNC)C1CCCCC1.